The van der Waals surface area contributed by atoms with Crippen molar-refractivity contribution in [2.75, 3.05) is 5.32 Å². The van der Waals surface area contributed by atoms with Gasteiger partial charge < -0.3 is 0 Å². The number of nitro groups is 1. The first-order chi connectivity index (χ1) is 13.3. The lowest BCUT2D eigenvalue weighted by Crippen LogP contribution is -2.16. The molecule has 2 heterocycles. The average Bonchev–Trinajstić information content (AvgIpc) is 3.23. The van der Waals surface area contributed by atoms with E-state index in [4.69, 9.17) is 23.2 Å². The van der Waals surface area contributed by atoms with E-state index in [1.54, 1.807) is 18.2 Å². The Kier molecular flexibility index (Phi) is 5.90. The summed E-state index contributed by atoms with van der Waals surface area (Å²) < 4.78 is 2.86. The predicted molar refractivity (Wildman–Crippen MR) is 102 cm³/mol. The molecule has 0 atom stereocenters. The summed E-state index contributed by atoms with van der Waals surface area (Å²) in [6.45, 7) is 2.03. The van der Waals surface area contributed by atoms with E-state index >= 15 is 0 Å². The number of carbonyl (C=O) groups is 1. The molecule has 0 saturated heterocycles. The number of nitrogens with zero attached hydrogens (tertiary/aromatic N) is 6. The van der Waals surface area contributed by atoms with Gasteiger partial charge in [0, 0.05) is 28.6 Å². The number of anilines is 1. The lowest BCUT2D eigenvalue weighted by Gasteiger charge is -2.06. The predicted octanol–water partition coefficient (Wildman–Crippen LogP) is 3.08. The zero-order valence-electron chi connectivity index (χ0n) is 14.7. The van der Waals surface area contributed by atoms with Crippen molar-refractivity contribution >= 4 is 40.7 Å². The molecule has 3 aromatic rings. The minimum absolute atomic E-state index is 0.0587. The van der Waals surface area contributed by atoms with E-state index in [2.05, 4.69) is 20.5 Å². The Hall–Kier alpha value is -2.98. The van der Waals surface area contributed by atoms with Crippen LogP contribution in [0.3, 0.4) is 0 Å². The minimum Gasteiger partial charge on any atom is -0.293 e. The Morgan fingerprint density at radius 3 is 2.61 bits per heavy atom. The molecule has 146 valence electrons. The number of nitrogens with one attached hydrogen (secondary N) is 1. The maximum absolute atomic E-state index is 12.1. The highest BCUT2D eigenvalue weighted by Crippen LogP contribution is 2.25. The molecule has 2 aromatic heterocycles. The summed E-state index contributed by atoms with van der Waals surface area (Å²) in [5.41, 5.74) is 0.910. The van der Waals surface area contributed by atoms with Crippen molar-refractivity contribution in [2.24, 2.45) is 0 Å². The second-order valence-corrected chi connectivity index (χ2v) is 6.70. The average molecular weight is 424 g/mol. The van der Waals surface area contributed by atoms with Crippen molar-refractivity contribution in [2.45, 2.75) is 26.4 Å². The molecule has 0 aliphatic carbocycles. The highest BCUT2D eigenvalue weighted by molar-refractivity contribution is 6.35. The molecular formula is C16H15Cl2N7O3. The smallest absolute Gasteiger partial charge is 0.293 e. The van der Waals surface area contributed by atoms with E-state index in [-0.39, 0.29) is 30.5 Å². The number of rotatable bonds is 7. The van der Waals surface area contributed by atoms with Gasteiger partial charge in [0.15, 0.2) is 0 Å². The molecule has 0 saturated carbocycles. The van der Waals surface area contributed by atoms with Crippen LogP contribution in [0.5, 0.6) is 0 Å². The van der Waals surface area contributed by atoms with Crippen molar-refractivity contribution in [1.29, 1.82) is 0 Å². The Balaban J connectivity index is 1.57. The summed E-state index contributed by atoms with van der Waals surface area (Å²) >= 11 is 12.3. The molecule has 0 fully saturated rings. The molecule has 3 rings (SSSR count). The maximum atomic E-state index is 12.1. The van der Waals surface area contributed by atoms with Crippen molar-refractivity contribution < 1.29 is 9.72 Å². The normalized spacial score (nSPS) is 10.8. The van der Waals surface area contributed by atoms with E-state index in [0.717, 1.165) is 0 Å². The number of benzene rings is 1. The number of hydrogen-bond donors (Lipinski definition) is 1. The van der Waals surface area contributed by atoms with Crippen LogP contribution in [-0.2, 0) is 17.9 Å². The van der Waals surface area contributed by atoms with Gasteiger partial charge in [0.25, 0.3) is 0 Å². The standard InChI is InChI=1S/C16H15Cl2N7O3/c1-10-14(25(27)28)8-23(21-10)6-5-15(26)20-16-19-9-24(22-16)7-11-12(17)3-2-4-13(11)18/h2-4,8-9H,5-7H2,1H3,(H,20,22,26). The van der Waals surface area contributed by atoms with Crippen LogP contribution in [0, 0.1) is 17.0 Å². The van der Waals surface area contributed by atoms with Crippen molar-refractivity contribution in [3.05, 3.63) is 62.1 Å². The first-order valence-electron chi connectivity index (χ1n) is 8.14. The fourth-order valence-corrected chi connectivity index (χ4v) is 2.99. The second kappa shape index (κ2) is 8.36. The number of amides is 1. The summed E-state index contributed by atoms with van der Waals surface area (Å²) in [5.74, 6) is -0.208. The zero-order valence-corrected chi connectivity index (χ0v) is 16.2. The van der Waals surface area contributed by atoms with E-state index in [1.165, 1.54) is 28.8 Å². The second-order valence-electron chi connectivity index (χ2n) is 5.88. The lowest BCUT2D eigenvalue weighted by atomic mass is 10.2. The first-order valence-corrected chi connectivity index (χ1v) is 8.89. The summed E-state index contributed by atoms with van der Waals surface area (Å²) in [6, 6.07) is 5.20. The molecule has 12 heteroatoms. The molecule has 1 aromatic carbocycles. The van der Waals surface area contributed by atoms with Crippen LogP contribution in [0.4, 0.5) is 11.6 Å². The fourth-order valence-electron chi connectivity index (χ4n) is 2.48. The van der Waals surface area contributed by atoms with E-state index < -0.39 is 4.92 Å². The van der Waals surface area contributed by atoms with Crippen LogP contribution in [-0.4, -0.2) is 35.4 Å². The van der Waals surface area contributed by atoms with Crippen LogP contribution in [0.2, 0.25) is 10.0 Å². The molecule has 0 aliphatic heterocycles. The molecule has 10 nitrogen and oxygen atoms in total. The highest BCUT2D eigenvalue weighted by atomic mass is 35.5. The van der Waals surface area contributed by atoms with Gasteiger partial charge in [-0.3, -0.25) is 24.9 Å². The third kappa shape index (κ3) is 4.65. The zero-order chi connectivity index (χ0) is 20.3. The van der Waals surface area contributed by atoms with Gasteiger partial charge in [-0.1, -0.05) is 29.3 Å². The Bertz CT molecular complexity index is 1010. The van der Waals surface area contributed by atoms with Gasteiger partial charge in [-0.15, -0.1) is 5.10 Å². The van der Waals surface area contributed by atoms with Gasteiger partial charge in [0.05, 0.1) is 11.5 Å². The molecule has 0 spiro atoms. The van der Waals surface area contributed by atoms with Crippen molar-refractivity contribution in [1.82, 2.24) is 24.5 Å². The number of aromatic nitrogens is 5. The van der Waals surface area contributed by atoms with Gasteiger partial charge >= 0.3 is 5.69 Å². The van der Waals surface area contributed by atoms with Crippen LogP contribution in [0.25, 0.3) is 0 Å². The monoisotopic (exact) mass is 423 g/mol. The maximum Gasteiger partial charge on any atom is 0.309 e. The van der Waals surface area contributed by atoms with Crippen LogP contribution in [0.1, 0.15) is 17.7 Å². The van der Waals surface area contributed by atoms with Gasteiger partial charge in [-0.05, 0) is 19.1 Å². The topological polar surface area (TPSA) is 121 Å². The summed E-state index contributed by atoms with van der Waals surface area (Å²) in [4.78, 5) is 26.4. The number of aryl methyl sites for hydroxylation is 2. The third-order valence-corrected chi connectivity index (χ3v) is 4.56. The Morgan fingerprint density at radius 2 is 1.96 bits per heavy atom. The fraction of sp³-hybridized carbons (Fsp3) is 0.250. The molecule has 1 N–H and O–H groups in total. The van der Waals surface area contributed by atoms with E-state index in [9.17, 15) is 14.9 Å². The molecule has 0 aliphatic rings. The van der Waals surface area contributed by atoms with E-state index in [1.807, 2.05) is 0 Å². The molecule has 28 heavy (non-hydrogen) atoms. The number of halogens is 2. The van der Waals surface area contributed by atoms with Crippen molar-refractivity contribution in [3.8, 4) is 0 Å². The first kappa shape index (κ1) is 19.8. The molecule has 0 unspecified atom stereocenters. The van der Waals surface area contributed by atoms with Gasteiger partial charge in [-0.2, -0.15) is 5.10 Å². The summed E-state index contributed by atoms with van der Waals surface area (Å²) in [6.07, 6.45) is 2.81. The minimum atomic E-state index is -0.513. The Labute approximate surface area is 169 Å². The molecule has 0 radical (unpaired) electrons. The summed E-state index contributed by atoms with van der Waals surface area (Å²) in [5, 5.41) is 22.6. The van der Waals surface area contributed by atoms with Gasteiger partial charge in [0.1, 0.15) is 18.2 Å². The molecule has 0 bridgehead atoms. The van der Waals surface area contributed by atoms with Crippen LogP contribution in [0.15, 0.2) is 30.7 Å². The van der Waals surface area contributed by atoms with Crippen LogP contribution >= 0.6 is 23.2 Å². The summed E-state index contributed by atoms with van der Waals surface area (Å²) in [7, 11) is 0. The number of hydrogen-bond acceptors (Lipinski definition) is 6. The SMILES string of the molecule is Cc1nn(CCC(=O)Nc2ncn(Cc3c(Cl)cccc3Cl)n2)cc1[N+](=O)[O-]. The van der Waals surface area contributed by atoms with Gasteiger partial charge in [-0.25, -0.2) is 9.67 Å². The van der Waals surface area contributed by atoms with Gasteiger partial charge in [0.2, 0.25) is 11.9 Å². The third-order valence-electron chi connectivity index (χ3n) is 3.85. The Morgan fingerprint density at radius 1 is 1.25 bits per heavy atom. The quantitative estimate of drug-likeness (QED) is 0.460. The molecular weight excluding hydrogens is 409 g/mol. The number of carbonyl (C=O) groups excluding carboxylic acids is 1. The lowest BCUT2D eigenvalue weighted by molar-refractivity contribution is -0.385. The largest absolute Gasteiger partial charge is 0.309 e. The van der Waals surface area contributed by atoms with Crippen molar-refractivity contribution in [3.63, 3.8) is 0 Å². The van der Waals surface area contributed by atoms with Crippen LogP contribution < -0.4 is 5.32 Å². The van der Waals surface area contributed by atoms with E-state index in [0.29, 0.717) is 27.8 Å². The molecule has 1 amide bonds. The highest BCUT2D eigenvalue weighted by Gasteiger charge is 2.16.